The van der Waals surface area contributed by atoms with E-state index in [1.807, 2.05) is 49.4 Å². The SMILES string of the molecule is CCOc1ccccc1C(=O)NCCCOc1ccccc1. The van der Waals surface area contributed by atoms with Crippen molar-refractivity contribution in [2.75, 3.05) is 19.8 Å². The minimum Gasteiger partial charge on any atom is -0.494 e. The molecule has 1 amide bonds. The average Bonchev–Trinajstić information content (AvgIpc) is 2.56. The maximum atomic E-state index is 12.1. The Hall–Kier alpha value is -2.49. The highest BCUT2D eigenvalue weighted by Crippen LogP contribution is 2.17. The summed E-state index contributed by atoms with van der Waals surface area (Å²) in [5.74, 6) is 1.34. The summed E-state index contributed by atoms with van der Waals surface area (Å²) in [5, 5.41) is 2.89. The van der Waals surface area contributed by atoms with Gasteiger partial charge in [0.1, 0.15) is 11.5 Å². The Morgan fingerprint density at radius 2 is 1.73 bits per heavy atom. The van der Waals surface area contributed by atoms with Crippen molar-refractivity contribution in [1.29, 1.82) is 0 Å². The second-order valence-electron chi connectivity index (χ2n) is 4.70. The predicted molar refractivity (Wildman–Crippen MR) is 86.5 cm³/mol. The van der Waals surface area contributed by atoms with E-state index in [1.165, 1.54) is 0 Å². The summed E-state index contributed by atoms with van der Waals surface area (Å²) in [6, 6.07) is 16.9. The minimum absolute atomic E-state index is 0.122. The number of para-hydroxylation sites is 2. The molecule has 22 heavy (non-hydrogen) atoms. The van der Waals surface area contributed by atoms with E-state index in [-0.39, 0.29) is 5.91 Å². The molecule has 0 saturated carbocycles. The molecular formula is C18H21NO3. The van der Waals surface area contributed by atoms with E-state index in [0.29, 0.717) is 31.1 Å². The van der Waals surface area contributed by atoms with Gasteiger partial charge < -0.3 is 14.8 Å². The number of amides is 1. The van der Waals surface area contributed by atoms with Gasteiger partial charge in [0.25, 0.3) is 5.91 Å². The monoisotopic (exact) mass is 299 g/mol. The fourth-order valence-corrected chi connectivity index (χ4v) is 2.01. The molecule has 0 aliphatic heterocycles. The quantitative estimate of drug-likeness (QED) is 0.761. The molecule has 0 aromatic heterocycles. The Labute approximate surface area is 131 Å². The lowest BCUT2D eigenvalue weighted by atomic mass is 10.2. The van der Waals surface area contributed by atoms with Crippen molar-refractivity contribution in [3.05, 3.63) is 60.2 Å². The van der Waals surface area contributed by atoms with Crippen molar-refractivity contribution >= 4 is 5.91 Å². The first kappa shape index (κ1) is 15.9. The van der Waals surface area contributed by atoms with Crippen LogP contribution in [0.15, 0.2) is 54.6 Å². The molecule has 0 bridgehead atoms. The molecule has 2 rings (SSSR count). The molecule has 0 unspecified atom stereocenters. The summed E-state index contributed by atoms with van der Waals surface area (Å²) in [6.45, 7) is 3.56. The van der Waals surface area contributed by atoms with E-state index in [9.17, 15) is 4.79 Å². The van der Waals surface area contributed by atoms with Crippen LogP contribution >= 0.6 is 0 Å². The van der Waals surface area contributed by atoms with Gasteiger partial charge in [-0.25, -0.2) is 0 Å². The van der Waals surface area contributed by atoms with Gasteiger partial charge in [0.2, 0.25) is 0 Å². The third-order valence-corrected chi connectivity index (χ3v) is 3.05. The molecule has 116 valence electrons. The van der Waals surface area contributed by atoms with Crippen LogP contribution in [0, 0.1) is 0 Å². The number of ether oxygens (including phenoxy) is 2. The average molecular weight is 299 g/mol. The van der Waals surface area contributed by atoms with E-state index in [2.05, 4.69) is 5.32 Å². The molecular weight excluding hydrogens is 278 g/mol. The number of hydrogen-bond acceptors (Lipinski definition) is 3. The lowest BCUT2D eigenvalue weighted by molar-refractivity contribution is 0.0948. The molecule has 0 atom stereocenters. The van der Waals surface area contributed by atoms with Crippen LogP contribution in [0.3, 0.4) is 0 Å². The molecule has 2 aromatic carbocycles. The van der Waals surface area contributed by atoms with Crippen LogP contribution in [-0.4, -0.2) is 25.7 Å². The molecule has 0 aliphatic rings. The first-order valence-corrected chi connectivity index (χ1v) is 7.49. The first-order valence-electron chi connectivity index (χ1n) is 7.49. The van der Waals surface area contributed by atoms with Crippen molar-refractivity contribution in [2.24, 2.45) is 0 Å². The van der Waals surface area contributed by atoms with Gasteiger partial charge in [0.15, 0.2) is 0 Å². The number of carbonyl (C=O) groups is 1. The fourth-order valence-electron chi connectivity index (χ4n) is 2.01. The number of rotatable bonds is 8. The Morgan fingerprint density at radius 3 is 2.50 bits per heavy atom. The molecule has 0 aliphatic carbocycles. The topological polar surface area (TPSA) is 47.6 Å². The molecule has 0 spiro atoms. The van der Waals surface area contributed by atoms with Crippen LogP contribution in [0.5, 0.6) is 11.5 Å². The number of carbonyl (C=O) groups excluding carboxylic acids is 1. The zero-order chi connectivity index (χ0) is 15.6. The van der Waals surface area contributed by atoms with E-state index in [4.69, 9.17) is 9.47 Å². The highest BCUT2D eigenvalue weighted by Gasteiger charge is 2.10. The van der Waals surface area contributed by atoms with Gasteiger partial charge in [0, 0.05) is 6.54 Å². The Morgan fingerprint density at radius 1 is 1.00 bits per heavy atom. The maximum Gasteiger partial charge on any atom is 0.255 e. The van der Waals surface area contributed by atoms with Crippen molar-refractivity contribution < 1.29 is 14.3 Å². The molecule has 0 fully saturated rings. The summed E-state index contributed by atoms with van der Waals surface area (Å²) >= 11 is 0. The minimum atomic E-state index is -0.122. The van der Waals surface area contributed by atoms with E-state index in [1.54, 1.807) is 12.1 Å². The van der Waals surface area contributed by atoms with Crippen molar-refractivity contribution in [2.45, 2.75) is 13.3 Å². The third-order valence-electron chi connectivity index (χ3n) is 3.05. The smallest absolute Gasteiger partial charge is 0.255 e. The van der Waals surface area contributed by atoms with Gasteiger partial charge >= 0.3 is 0 Å². The van der Waals surface area contributed by atoms with Gasteiger partial charge in [0.05, 0.1) is 18.8 Å². The van der Waals surface area contributed by atoms with E-state index in [0.717, 1.165) is 12.2 Å². The van der Waals surface area contributed by atoms with Crippen LogP contribution in [-0.2, 0) is 0 Å². The van der Waals surface area contributed by atoms with E-state index >= 15 is 0 Å². The normalized spacial score (nSPS) is 10.0. The molecule has 4 nitrogen and oxygen atoms in total. The number of nitrogens with one attached hydrogen (secondary N) is 1. The zero-order valence-electron chi connectivity index (χ0n) is 12.7. The molecule has 1 N–H and O–H groups in total. The van der Waals surface area contributed by atoms with Gasteiger partial charge in [-0.15, -0.1) is 0 Å². The summed E-state index contributed by atoms with van der Waals surface area (Å²) in [5.41, 5.74) is 0.563. The Balaban J connectivity index is 1.74. The highest BCUT2D eigenvalue weighted by molar-refractivity contribution is 5.96. The maximum absolute atomic E-state index is 12.1. The van der Waals surface area contributed by atoms with Crippen LogP contribution in [0.4, 0.5) is 0 Å². The highest BCUT2D eigenvalue weighted by atomic mass is 16.5. The van der Waals surface area contributed by atoms with Crippen LogP contribution in [0.2, 0.25) is 0 Å². The van der Waals surface area contributed by atoms with Gasteiger partial charge in [-0.1, -0.05) is 30.3 Å². The van der Waals surface area contributed by atoms with Crippen molar-refractivity contribution in [3.63, 3.8) is 0 Å². The first-order chi connectivity index (χ1) is 10.8. The number of benzene rings is 2. The van der Waals surface area contributed by atoms with Crippen molar-refractivity contribution in [1.82, 2.24) is 5.32 Å². The largest absolute Gasteiger partial charge is 0.494 e. The summed E-state index contributed by atoms with van der Waals surface area (Å²) < 4.78 is 11.0. The predicted octanol–water partition coefficient (Wildman–Crippen LogP) is 3.28. The molecule has 0 radical (unpaired) electrons. The molecule has 4 heteroatoms. The third kappa shape index (κ3) is 4.81. The zero-order valence-corrected chi connectivity index (χ0v) is 12.7. The number of hydrogen-bond donors (Lipinski definition) is 1. The second-order valence-corrected chi connectivity index (χ2v) is 4.70. The lowest BCUT2D eigenvalue weighted by Gasteiger charge is -2.10. The fraction of sp³-hybridized carbons (Fsp3) is 0.278. The summed E-state index contributed by atoms with van der Waals surface area (Å²) in [4.78, 5) is 12.1. The van der Waals surface area contributed by atoms with Crippen molar-refractivity contribution in [3.8, 4) is 11.5 Å². The standard InChI is InChI=1S/C18H21NO3/c1-2-21-17-12-7-6-11-16(17)18(20)19-13-8-14-22-15-9-4-3-5-10-15/h3-7,9-12H,2,8,13-14H2,1H3,(H,19,20). The van der Waals surface area contributed by atoms with Gasteiger partial charge in [-0.3, -0.25) is 4.79 Å². The van der Waals surface area contributed by atoms with Crippen LogP contribution in [0.25, 0.3) is 0 Å². The van der Waals surface area contributed by atoms with Crippen LogP contribution < -0.4 is 14.8 Å². The Kier molecular flexibility index (Phi) is 6.30. The Bertz CT molecular complexity index is 584. The molecule has 0 heterocycles. The summed E-state index contributed by atoms with van der Waals surface area (Å²) in [6.07, 6.45) is 0.747. The molecule has 0 saturated heterocycles. The van der Waals surface area contributed by atoms with Gasteiger partial charge in [-0.05, 0) is 37.6 Å². The van der Waals surface area contributed by atoms with Crippen LogP contribution in [0.1, 0.15) is 23.7 Å². The second kappa shape index (κ2) is 8.72. The summed E-state index contributed by atoms with van der Waals surface area (Å²) in [7, 11) is 0. The van der Waals surface area contributed by atoms with E-state index < -0.39 is 0 Å². The molecule has 2 aromatic rings. The lowest BCUT2D eigenvalue weighted by Crippen LogP contribution is -2.26. The van der Waals surface area contributed by atoms with Gasteiger partial charge in [-0.2, -0.15) is 0 Å².